The largest absolute Gasteiger partial charge is 0.497 e. The average molecular weight is 486 g/mol. The summed E-state index contributed by atoms with van der Waals surface area (Å²) in [4.78, 5) is 24.2. The molecule has 0 atom stereocenters. The van der Waals surface area contributed by atoms with E-state index in [2.05, 4.69) is 15.8 Å². The molecule has 0 aliphatic heterocycles. The highest BCUT2D eigenvalue weighted by atomic mass is 35.5. The van der Waals surface area contributed by atoms with Gasteiger partial charge in [-0.15, -0.1) is 0 Å². The van der Waals surface area contributed by atoms with Crippen molar-refractivity contribution in [1.29, 1.82) is 0 Å². The highest BCUT2D eigenvalue weighted by molar-refractivity contribution is 6.31. The van der Waals surface area contributed by atoms with Gasteiger partial charge in [-0.25, -0.2) is 5.43 Å². The number of halogens is 2. The Balaban J connectivity index is 1.56. The molecular weight excluding hydrogens is 465 g/mol. The summed E-state index contributed by atoms with van der Waals surface area (Å²) in [6, 6.07) is 19.2. The fraction of sp³-hybridized carbons (Fsp3) is 0.125. The van der Waals surface area contributed by atoms with Crippen LogP contribution in [0.1, 0.15) is 17.5 Å². The fourth-order valence-corrected chi connectivity index (χ4v) is 3.16. The smallest absolute Gasteiger partial charge is 0.249 e. The predicted molar refractivity (Wildman–Crippen MR) is 129 cm³/mol. The summed E-state index contributed by atoms with van der Waals surface area (Å²) < 4.78 is 10.9. The molecule has 0 aromatic heterocycles. The van der Waals surface area contributed by atoms with Gasteiger partial charge < -0.3 is 14.8 Å². The topological polar surface area (TPSA) is 89.0 Å². The molecule has 9 heteroatoms. The number of hydrogen-bond acceptors (Lipinski definition) is 5. The van der Waals surface area contributed by atoms with Crippen LogP contribution in [-0.4, -0.2) is 25.1 Å². The van der Waals surface area contributed by atoms with Crippen LogP contribution in [0.5, 0.6) is 11.5 Å². The second-order valence-electron chi connectivity index (χ2n) is 6.81. The lowest BCUT2D eigenvalue weighted by Crippen LogP contribution is -2.24. The van der Waals surface area contributed by atoms with Gasteiger partial charge in [0, 0.05) is 32.9 Å². The number of nitrogens with one attached hydrogen (secondary N) is 2. The first-order valence-electron chi connectivity index (χ1n) is 9.86. The Morgan fingerprint density at radius 1 is 1.00 bits per heavy atom. The van der Waals surface area contributed by atoms with Gasteiger partial charge in [-0.3, -0.25) is 9.59 Å². The van der Waals surface area contributed by atoms with Crippen molar-refractivity contribution in [3.63, 3.8) is 0 Å². The SMILES string of the molecule is COc1cccc(NC(=O)CC(=O)NN=Cc2cc(Cl)ccc2OCc2ccccc2Cl)c1. The molecule has 3 rings (SSSR count). The molecule has 0 unspecified atom stereocenters. The van der Waals surface area contributed by atoms with E-state index in [1.54, 1.807) is 48.5 Å². The third-order valence-corrected chi connectivity index (χ3v) is 4.98. The summed E-state index contributed by atoms with van der Waals surface area (Å²) in [5, 5.41) is 7.62. The first-order valence-corrected chi connectivity index (χ1v) is 10.6. The highest BCUT2D eigenvalue weighted by Crippen LogP contribution is 2.24. The number of carbonyl (C=O) groups is 2. The van der Waals surface area contributed by atoms with Crippen LogP contribution < -0.4 is 20.2 Å². The van der Waals surface area contributed by atoms with Crippen LogP contribution in [0.4, 0.5) is 5.69 Å². The van der Waals surface area contributed by atoms with Gasteiger partial charge in [-0.1, -0.05) is 47.5 Å². The molecular formula is C24H21Cl2N3O4. The van der Waals surface area contributed by atoms with E-state index in [1.807, 2.05) is 18.2 Å². The lowest BCUT2D eigenvalue weighted by atomic mass is 10.2. The molecule has 170 valence electrons. The first-order chi connectivity index (χ1) is 15.9. The van der Waals surface area contributed by atoms with Crippen molar-refractivity contribution < 1.29 is 19.1 Å². The first kappa shape index (κ1) is 24.1. The van der Waals surface area contributed by atoms with Gasteiger partial charge >= 0.3 is 0 Å². The maximum atomic E-state index is 12.1. The number of anilines is 1. The number of carbonyl (C=O) groups excluding carboxylic acids is 2. The predicted octanol–water partition coefficient (Wildman–Crippen LogP) is 5.06. The van der Waals surface area contributed by atoms with E-state index in [1.165, 1.54) is 13.3 Å². The van der Waals surface area contributed by atoms with Gasteiger partial charge in [0.1, 0.15) is 24.5 Å². The average Bonchev–Trinajstić information content (AvgIpc) is 2.79. The van der Waals surface area contributed by atoms with Crippen molar-refractivity contribution in [2.45, 2.75) is 13.0 Å². The summed E-state index contributed by atoms with van der Waals surface area (Å²) in [7, 11) is 1.53. The summed E-state index contributed by atoms with van der Waals surface area (Å²) >= 11 is 12.2. The number of amides is 2. The van der Waals surface area contributed by atoms with Crippen LogP contribution in [0, 0.1) is 0 Å². The van der Waals surface area contributed by atoms with E-state index in [4.69, 9.17) is 32.7 Å². The van der Waals surface area contributed by atoms with Gasteiger partial charge in [0.2, 0.25) is 11.8 Å². The molecule has 0 saturated heterocycles. The molecule has 0 fully saturated rings. The molecule has 0 aliphatic carbocycles. The van der Waals surface area contributed by atoms with Gasteiger partial charge in [0.15, 0.2) is 0 Å². The van der Waals surface area contributed by atoms with Crippen LogP contribution >= 0.6 is 23.2 Å². The Hall–Kier alpha value is -3.55. The summed E-state index contributed by atoms with van der Waals surface area (Å²) in [6.45, 7) is 0.249. The lowest BCUT2D eigenvalue weighted by Gasteiger charge is -2.10. The normalized spacial score (nSPS) is 10.6. The van der Waals surface area contributed by atoms with Crippen molar-refractivity contribution in [3.05, 3.63) is 87.9 Å². The molecule has 0 heterocycles. The van der Waals surface area contributed by atoms with E-state index in [9.17, 15) is 9.59 Å². The van der Waals surface area contributed by atoms with Crippen LogP contribution in [-0.2, 0) is 16.2 Å². The van der Waals surface area contributed by atoms with E-state index < -0.39 is 18.2 Å². The van der Waals surface area contributed by atoms with Crippen LogP contribution in [0.15, 0.2) is 71.8 Å². The summed E-state index contributed by atoms with van der Waals surface area (Å²) in [6.07, 6.45) is 0.992. The standard InChI is InChI=1S/C24H21Cl2N3O4/c1-32-20-7-4-6-19(12-20)28-23(30)13-24(31)29-27-14-17-11-18(25)9-10-22(17)33-15-16-5-2-3-8-21(16)26/h2-12,14H,13,15H2,1H3,(H,28,30)(H,29,31). The van der Waals surface area contributed by atoms with Crippen molar-refractivity contribution in [3.8, 4) is 11.5 Å². The molecule has 0 saturated carbocycles. The minimum atomic E-state index is -0.577. The zero-order valence-electron chi connectivity index (χ0n) is 17.7. The Bertz CT molecular complexity index is 1170. The fourth-order valence-electron chi connectivity index (χ4n) is 2.79. The molecule has 0 aliphatic rings. The maximum absolute atomic E-state index is 12.1. The van der Waals surface area contributed by atoms with Crippen molar-refractivity contribution in [2.75, 3.05) is 12.4 Å². The molecule has 2 amide bonds. The zero-order valence-corrected chi connectivity index (χ0v) is 19.2. The maximum Gasteiger partial charge on any atom is 0.249 e. The minimum absolute atomic E-state index is 0.249. The third kappa shape index (κ3) is 7.52. The van der Waals surface area contributed by atoms with Crippen LogP contribution in [0.25, 0.3) is 0 Å². The number of ether oxygens (including phenoxy) is 2. The van der Waals surface area contributed by atoms with E-state index in [-0.39, 0.29) is 6.61 Å². The Kier molecular flexibility index (Phi) is 8.69. The van der Waals surface area contributed by atoms with Gasteiger partial charge in [0.25, 0.3) is 0 Å². The van der Waals surface area contributed by atoms with Crippen molar-refractivity contribution in [2.24, 2.45) is 5.10 Å². The second kappa shape index (κ2) is 11.9. The highest BCUT2D eigenvalue weighted by Gasteiger charge is 2.10. The summed E-state index contributed by atoms with van der Waals surface area (Å²) in [5.41, 5.74) is 4.23. The molecule has 2 N–H and O–H groups in total. The Morgan fingerprint density at radius 2 is 1.82 bits per heavy atom. The monoisotopic (exact) mass is 485 g/mol. The van der Waals surface area contributed by atoms with Gasteiger partial charge in [0.05, 0.1) is 13.3 Å². The molecule has 0 spiro atoms. The van der Waals surface area contributed by atoms with Crippen LogP contribution in [0.3, 0.4) is 0 Å². The molecule has 0 bridgehead atoms. The number of rotatable bonds is 9. The third-order valence-electron chi connectivity index (χ3n) is 4.38. The number of nitrogens with zero attached hydrogens (tertiary/aromatic N) is 1. The van der Waals surface area contributed by atoms with Gasteiger partial charge in [-0.05, 0) is 36.4 Å². The van der Waals surface area contributed by atoms with Crippen molar-refractivity contribution >= 4 is 46.9 Å². The molecule has 3 aromatic carbocycles. The number of hydrogen-bond donors (Lipinski definition) is 2. The van der Waals surface area contributed by atoms with Crippen LogP contribution in [0.2, 0.25) is 10.0 Å². The molecule has 0 radical (unpaired) electrons. The lowest BCUT2D eigenvalue weighted by molar-refractivity contribution is -0.126. The van der Waals surface area contributed by atoms with E-state index in [0.29, 0.717) is 32.8 Å². The van der Waals surface area contributed by atoms with E-state index >= 15 is 0 Å². The molecule has 7 nitrogen and oxygen atoms in total. The second-order valence-corrected chi connectivity index (χ2v) is 7.66. The summed E-state index contributed by atoms with van der Waals surface area (Å²) in [5.74, 6) is 0.0405. The molecule has 3 aromatic rings. The quantitative estimate of drug-likeness (QED) is 0.251. The minimum Gasteiger partial charge on any atom is -0.497 e. The number of methoxy groups -OCH3 is 1. The van der Waals surface area contributed by atoms with E-state index in [0.717, 1.165) is 5.56 Å². The number of benzene rings is 3. The Morgan fingerprint density at radius 3 is 2.61 bits per heavy atom. The number of hydrazone groups is 1. The van der Waals surface area contributed by atoms with Crippen molar-refractivity contribution in [1.82, 2.24) is 5.43 Å². The zero-order chi connectivity index (χ0) is 23.6. The molecule has 33 heavy (non-hydrogen) atoms. The van der Waals surface area contributed by atoms with Gasteiger partial charge in [-0.2, -0.15) is 5.10 Å². The Labute approximate surface area is 201 Å².